The molecule has 0 aromatic heterocycles. The molecule has 5 nitrogen and oxygen atoms in total. The molecular formula is C13H14ClFN2O3. The van der Waals surface area contributed by atoms with Crippen molar-refractivity contribution in [2.45, 2.75) is 12.5 Å². The number of methoxy groups -OCH3 is 1. The van der Waals surface area contributed by atoms with Gasteiger partial charge in [-0.3, -0.25) is 9.69 Å². The van der Waals surface area contributed by atoms with E-state index in [-0.39, 0.29) is 18.2 Å². The lowest BCUT2D eigenvalue weighted by Crippen LogP contribution is -2.41. The first-order valence-corrected chi connectivity index (χ1v) is 6.36. The predicted octanol–water partition coefficient (Wildman–Crippen LogP) is 1.89. The molecule has 0 saturated carbocycles. The number of urea groups is 1. The minimum Gasteiger partial charge on any atom is -0.383 e. The fraction of sp³-hybridized carbons (Fsp3) is 0.385. The van der Waals surface area contributed by atoms with Crippen molar-refractivity contribution in [2.24, 2.45) is 0 Å². The third kappa shape index (κ3) is 2.36. The van der Waals surface area contributed by atoms with E-state index in [1.165, 1.54) is 19.2 Å². The van der Waals surface area contributed by atoms with E-state index in [9.17, 15) is 14.0 Å². The Morgan fingerprint density at radius 3 is 2.75 bits per heavy atom. The van der Waals surface area contributed by atoms with Crippen molar-refractivity contribution < 1.29 is 18.7 Å². The van der Waals surface area contributed by atoms with Crippen LogP contribution in [0.15, 0.2) is 18.2 Å². The van der Waals surface area contributed by atoms with Gasteiger partial charge in [-0.2, -0.15) is 0 Å². The second kappa shape index (κ2) is 5.38. The van der Waals surface area contributed by atoms with Crippen molar-refractivity contribution >= 4 is 23.5 Å². The van der Waals surface area contributed by atoms with E-state index < -0.39 is 23.3 Å². The summed E-state index contributed by atoms with van der Waals surface area (Å²) in [5.41, 5.74) is -0.936. The van der Waals surface area contributed by atoms with E-state index in [4.69, 9.17) is 16.3 Å². The summed E-state index contributed by atoms with van der Waals surface area (Å²) in [5.74, 6) is -0.941. The van der Waals surface area contributed by atoms with Gasteiger partial charge in [-0.05, 0) is 19.1 Å². The Morgan fingerprint density at radius 2 is 2.15 bits per heavy atom. The highest BCUT2D eigenvalue weighted by atomic mass is 35.5. The van der Waals surface area contributed by atoms with Gasteiger partial charge in [0.25, 0.3) is 5.91 Å². The SMILES string of the molecule is COCCN1C(=O)NC(C)(c2ccc(F)cc2Cl)C1=O. The van der Waals surface area contributed by atoms with Gasteiger partial charge in [-0.15, -0.1) is 0 Å². The van der Waals surface area contributed by atoms with Crippen LogP contribution in [0.4, 0.5) is 9.18 Å². The average molecular weight is 301 g/mol. The number of carbonyl (C=O) groups excluding carboxylic acids is 2. The Kier molecular flexibility index (Phi) is 3.96. The third-order valence-electron chi connectivity index (χ3n) is 3.26. The molecule has 0 aliphatic carbocycles. The quantitative estimate of drug-likeness (QED) is 0.864. The van der Waals surface area contributed by atoms with Crippen LogP contribution in [0.3, 0.4) is 0 Å². The zero-order valence-electron chi connectivity index (χ0n) is 11.1. The number of hydrogen-bond acceptors (Lipinski definition) is 3. The van der Waals surface area contributed by atoms with Crippen LogP contribution in [0.25, 0.3) is 0 Å². The minimum absolute atomic E-state index is 0.0924. The summed E-state index contributed by atoms with van der Waals surface area (Å²) < 4.78 is 18.0. The lowest BCUT2D eigenvalue weighted by molar-refractivity contribution is -0.131. The third-order valence-corrected chi connectivity index (χ3v) is 3.58. The van der Waals surface area contributed by atoms with Gasteiger partial charge in [-0.25, -0.2) is 9.18 Å². The molecule has 1 fully saturated rings. The number of nitrogens with zero attached hydrogens (tertiary/aromatic N) is 1. The molecule has 1 aromatic rings. The summed E-state index contributed by atoms with van der Waals surface area (Å²) >= 11 is 5.98. The molecule has 3 amide bonds. The molecule has 1 aliphatic heterocycles. The predicted molar refractivity (Wildman–Crippen MR) is 70.9 cm³/mol. The molecule has 1 saturated heterocycles. The fourth-order valence-corrected chi connectivity index (χ4v) is 2.52. The molecule has 1 N–H and O–H groups in total. The summed E-state index contributed by atoms with van der Waals surface area (Å²) in [6.07, 6.45) is 0. The number of hydrogen-bond donors (Lipinski definition) is 1. The van der Waals surface area contributed by atoms with Crippen LogP contribution >= 0.6 is 11.6 Å². The number of ether oxygens (including phenoxy) is 1. The van der Waals surface area contributed by atoms with Crippen LogP contribution in [0.2, 0.25) is 5.02 Å². The second-order valence-electron chi connectivity index (χ2n) is 4.63. The summed E-state index contributed by atoms with van der Waals surface area (Å²) in [4.78, 5) is 25.4. The number of nitrogens with one attached hydrogen (secondary N) is 1. The van der Waals surface area contributed by atoms with Crippen LogP contribution in [0.1, 0.15) is 12.5 Å². The van der Waals surface area contributed by atoms with Crippen molar-refractivity contribution in [1.29, 1.82) is 0 Å². The molecule has 0 radical (unpaired) electrons. The summed E-state index contributed by atoms with van der Waals surface area (Å²) in [6.45, 7) is 1.93. The Hall–Kier alpha value is -1.66. The second-order valence-corrected chi connectivity index (χ2v) is 5.04. The van der Waals surface area contributed by atoms with Gasteiger partial charge in [-0.1, -0.05) is 17.7 Å². The molecule has 108 valence electrons. The monoisotopic (exact) mass is 300 g/mol. The molecule has 1 heterocycles. The number of carbonyl (C=O) groups is 2. The highest BCUT2D eigenvalue weighted by Crippen LogP contribution is 2.33. The number of imide groups is 1. The van der Waals surface area contributed by atoms with Crippen LogP contribution in [0, 0.1) is 5.82 Å². The van der Waals surface area contributed by atoms with Gasteiger partial charge in [0.15, 0.2) is 0 Å². The molecule has 20 heavy (non-hydrogen) atoms. The van der Waals surface area contributed by atoms with Crippen LogP contribution in [0.5, 0.6) is 0 Å². The zero-order valence-corrected chi connectivity index (χ0v) is 11.8. The van der Waals surface area contributed by atoms with Crippen molar-refractivity contribution in [3.8, 4) is 0 Å². The van der Waals surface area contributed by atoms with E-state index >= 15 is 0 Å². The number of amides is 3. The number of halogens is 2. The smallest absolute Gasteiger partial charge is 0.325 e. The summed E-state index contributed by atoms with van der Waals surface area (Å²) in [5, 5.41) is 2.68. The molecule has 7 heteroatoms. The maximum atomic E-state index is 13.1. The molecule has 1 atom stereocenters. The maximum Gasteiger partial charge on any atom is 0.325 e. The van der Waals surface area contributed by atoms with Crippen molar-refractivity contribution in [3.05, 3.63) is 34.6 Å². The van der Waals surface area contributed by atoms with E-state index in [0.717, 1.165) is 11.0 Å². The average Bonchev–Trinajstić information content (AvgIpc) is 2.59. The van der Waals surface area contributed by atoms with Crippen LogP contribution in [-0.4, -0.2) is 37.1 Å². The molecule has 1 unspecified atom stereocenters. The first-order valence-electron chi connectivity index (χ1n) is 5.98. The highest BCUT2D eigenvalue weighted by molar-refractivity contribution is 6.32. The summed E-state index contributed by atoms with van der Waals surface area (Å²) in [6, 6.07) is 3.19. The standard InChI is InChI=1S/C13H14ClFN2O3/c1-13(9-4-3-8(15)7-10(9)14)11(18)17(5-6-20-2)12(19)16-13/h3-4,7H,5-6H2,1-2H3,(H,16,19). The molecular weight excluding hydrogens is 287 g/mol. The fourth-order valence-electron chi connectivity index (χ4n) is 2.16. The lowest BCUT2D eigenvalue weighted by atomic mass is 9.92. The van der Waals surface area contributed by atoms with Crippen LogP contribution < -0.4 is 5.32 Å². The van der Waals surface area contributed by atoms with Gasteiger partial charge < -0.3 is 10.1 Å². The molecule has 1 aliphatic rings. The maximum absolute atomic E-state index is 13.1. The van der Waals surface area contributed by atoms with Crippen molar-refractivity contribution in [2.75, 3.05) is 20.3 Å². The number of benzene rings is 1. The zero-order chi connectivity index (χ0) is 14.9. The Balaban J connectivity index is 2.35. The normalized spacial score (nSPS) is 22.3. The van der Waals surface area contributed by atoms with Gasteiger partial charge in [0, 0.05) is 17.7 Å². The lowest BCUT2D eigenvalue weighted by Gasteiger charge is -2.23. The minimum atomic E-state index is -1.30. The van der Waals surface area contributed by atoms with E-state index in [1.54, 1.807) is 6.92 Å². The Labute approximate surface area is 120 Å². The molecule has 1 aromatic carbocycles. The molecule has 2 rings (SSSR count). The van der Waals surface area contributed by atoms with Gasteiger partial charge in [0.1, 0.15) is 11.4 Å². The van der Waals surface area contributed by atoms with E-state index in [0.29, 0.717) is 5.56 Å². The van der Waals surface area contributed by atoms with Gasteiger partial charge in [0.05, 0.1) is 13.2 Å². The molecule has 0 spiro atoms. The van der Waals surface area contributed by atoms with Gasteiger partial charge in [0.2, 0.25) is 0 Å². The Bertz CT molecular complexity index is 567. The highest BCUT2D eigenvalue weighted by Gasteiger charge is 2.49. The van der Waals surface area contributed by atoms with Crippen LogP contribution in [-0.2, 0) is 15.1 Å². The van der Waals surface area contributed by atoms with E-state index in [2.05, 4.69) is 5.32 Å². The van der Waals surface area contributed by atoms with Gasteiger partial charge >= 0.3 is 6.03 Å². The topological polar surface area (TPSA) is 58.6 Å². The first kappa shape index (κ1) is 14.7. The first-order chi connectivity index (χ1) is 9.40. The molecule has 0 bridgehead atoms. The Morgan fingerprint density at radius 1 is 1.45 bits per heavy atom. The van der Waals surface area contributed by atoms with Crippen molar-refractivity contribution in [3.63, 3.8) is 0 Å². The number of rotatable bonds is 4. The summed E-state index contributed by atoms with van der Waals surface area (Å²) in [7, 11) is 1.48. The largest absolute Gasteiger partial charge is 0.383 e. The van der Waals surface area contributed by atoms with E-state index in [1.807, 2.05) is 0 Å². The van der Waals surface area contributed by atoms with Crippen molar-refractivity contribution in [1.82, 2.24) is 10.2 Å².